The second kappa shape index (κ2) is 4.59. The summed E-state index contributed by atoms with van der Waals surface area (Å²) in [4.78, 5) is 17.9. The van der Waals surface area contributed by atoms with Crippen LogP contribution in [0.25, 0.3) is 11.6 Å². The van der Waals surface area contributed by atoms with Crippen molar-refractivity contribution in [2.45, 2.75) is 6.92 Å². The summed E-state index contributed by atoms with van der Waals surface area (Å²) in [6.07, 6.45) is 0. The molecule has 94 valence electrons. The SMILES string of the molecule is Cc1c(Cl)nc(-c2ccc([N+](=O)[O-])o2)nc1NN. The van der Waals surface area contributed by atoms with E-state index in [2.05, 4.69) is 15.4 Å². The molecule has 9 heteroatoms. The van der Waals surface area contributed by atoms with Gasteiger partial charge < -0.3 is 9.84 Å². The third-order valence-electron chi connectivity index (χ3n) is 2.22. The molecule has 0 saturated carbocycles. The van der Waals surface area contributed by atoms with Gasteiger partial charge in [-0.2, -0.15) is 0 Å². The first kappa shape index (κ1) is 12.3. The number of hydrogen-bond acceptors (Lipinski definition) is 7. The van der Waals surface area contributed by atoms with Gasteiger partial charge in [0.1, 0.15) is 15.9 Å². The van der Waals surface area contributed by atoms with Crippen LogP contribution in [0.2, 0.25) is 5.15 Å². The third kappa shape index (κ3) is 2.11. The monoisotopic (exact) mass is 269 g/mol. The Labute approximate surface area is 106 Å². The van der Waals surface area contributed by atoms with Crippen LogP contribution in [0.3, 0.4) is 0 Å². The van der Waals surface area contributed by atoms with Crippen molar-refractivity contribution in [1.82, 2.24) is 9.97 Å². The zero-order valence-electron chi connectivity index (χ0n) is 9.18. The van der Waals surface area contributed by atoms with Crippen molar-refractivity contribution < 1.29 is 9.34 Å². The molecule has 0 amide bonds. The van der Waals surface area contributed by atoms with Gasteiger partial charge in [0.15, 0.2) is 11.6 Å². The lowest BCUT2D eigenvalue weighted by molar-refractivity contribution is -0.401. The topological polar surface area (TPSA) is 120 Å². The zero-order chi connectivity index (χ0) is 13.3. The Bertz CT molecular complexity index is 612. The summed E-state index contributed by atoms with van der Waals surface area (Å²) in [6, 6.07) is 2.60. The van der Waals surface area contributed by atoms with Crippen LogP contribution >= 0.6 is 11.6 Å². The predicted octanol–water partition coefficient (Wildman–Crippen LogP) is 1.89. The van der Waals surface area contributed by atoms with Gasteiger partial charge in [0, 0.05) is 5.56 Å². The Morgan fingerprint density at radius 2 is 2.22 bits per heavy atom. The molecule has 2 heterocycles. The molecule has 2 aromatic rings. The summed E-state index contributed by atoms with van der Waals surface area (Å²) >= 11 is 5.89. The van der Waals surface area contributed by atoms with Crippen molar-refractivity contribution >= 4 is 23.3 Å². The van der Waals surface area contributed by atoms with E-state index < -0.39 is 10.8 Å². The number of rotatable bonds is 3. The lowest BCUT2D eigenvalue weighted by Crippen LogP contribution is -2.11. The zero-order valence-corrected chi connectivity index (χ0v) is 9.93. The number of nitrogen functional groups attached to an aromatic ring is 1. The molecule has 8 nitrogen and oxygen atoms in total. The highest BCUT2D eigenvalue weighted by molar-refractivity contribution is 6.30. The largest absolute Gasteiger partial charge is 0.433 e. The number of nitrogens with one attached hydrogen (secondary N) is 1. The van der Waals surface area contributed by atoms with Gasteiger partial charge in [-0.3, -0.25) is 10.1 Å². The average Bonchev–Trinajstić information content (AvgIpc) is 2.82. The van der Waals surface area contributed by atoms with Crippen LogP contribution in [0.1, 0.15) is 5.56 Å². The number of nitrogens with two attached hydrogens (primary N) is 1. The Hall–Kier alpha value is -2.19. The van der Waals surface area contributed by atoms with Gasteiger partial charge in [-0.05, 0) is 13.0 Å². The van der Waals surface area contributed by atoms with Crippen LogP contribution < -0.4 is 11.3 Å². The molecule has 0 aliphatic rings. The average molecular weight is 270 g/mol. The van der Waals surface area contributed by atoms with E-state index in [4.69, 9.17) is 21.9 Å². The summed E-state index contributed by atoms with van der Waals surface area (Å²) in [5.74, 6) is 5.47. The van der Waals surface area contributed by atoms with Crippen molar-refractivity contribution in [1.29, 1.82) is 0 Å². The van der Waals surface area contributed by atoms with Crippen LogP contribution in [0.15, 0.2) is 16.5 Å². The molecule has 0 saturated heterocycles. The Balaban J connectivity index is 2.50. The van der Waals surface area contributed by atoms with E-state index in [0.717, 1.165) is 0 Å². The minimum atomic E-state index is -0.651. The molecule has 0 radical (unpaired) electrons. The number of nitro groups is 1. The Kier molecular flexibility index (Phi) is 3.13. The van der Waals surface area contributed by atoms with Crippen LogP contribution in [-0.2, 0) is 0 Å². The van der Waals surface area contributed by atoms with Crippen LogP contribution in [0.5, 0.6) is 0 Å². The maximum atomic E-state index is 10.5. The second-order valence-corrected chi connectivity index (χ2v) is 3.71. The summed E-state index contributed by atoms with van der Waals surface area (Å²) < 4.78 is 4.97. The van der Waals surface area contributed by atoms with Crippen molar-refractivity contribution in [3.8, 4) is 11.6 Å². The van der Waals surface area contributed by atoms with E-state index in [-0.39, 0.29) is 16.7 Å². The highest BCUT2D eigenvalue weighted by atomic mass is 35.5. The molecule has 0 aliphatic heterocycles. The number of hydrogen-bond donors (Lipinski definition) is 2. The van der Waals surface area contributed by atoms with Gasteiger partial charge in [0.25, 0.3) is 0 Å². The van der Waals surface area contributed by atoms with Gasteiger partial charge in [-0.1, -0.05) is 11.6 Å². The molecular weight excluding hydrogens is 262 g/mol. The molecule has 0 atom stereocenters. The van der Waals surface area contributed by atoms with Crippen molar-refractivity contribution in [2.75, 3.05) is 5.43 Å². The van der Waals surface area contributed by atoms with E-state index in [1.165, 1.54) is 12.1 Å². The molecule has 0 bridgehead atoms. The Morgan fingerprint density at radius 3 is 2.78 bits per heavy atom. The van der Waals surface area contributed by atoms with Crippen molar-refractivity contribution in [3.63, 3.8) is 0 Å². The van der Waals surface area contributed by atoms with E-state index in [0.29, 0.717) is 11.4 Å². The number of anilines is 1. The van der Waals surface area contributed by atoms with E-state index in [9.17, 15) is 10.1 Å². The summed E-state index contributed by atoms with van der Waals surface area (Å²) in [5.41, 5.74) is 2.94. The summed E-state index contributed by atoms with van der Waals surface area (Å²) in [5, 5.41) is 10.7. The molecular formula is C9H8ClN5O3. The van der Waals surface area contributed by atoms with Gasteiger partial charge >= 0.3 is 5.88 Å². The first-order chi connectivity index (χ1) is 8.52. The lowest BCUT2D eigenvalue weighted by Gasteiger charge is -2.06. The first-order valence-corrected chi connectivity index (χ1v) is 5.16. The maximum absolute atomic E-state index is 10.5. The highest BCUT2D eigenvalue weighted by Gasteiger charge is 2.17. The summed E-state index contributed by atoms with van der Waals surface area (Å²) in [6.45, 7) is 1.69. The molecule has 0 fully saturated rings. The fourth-order valence-corrected chi connectivity index (χ4v) is 1.46. The van der Waals surface area contributed by atoms with Crippen LogP contribution in [0.4, 0.5) is 11.7 Å². The van der Waals surface area contributed by atoms with Gasteiger partial charge in [-0.15, -0.1) is 0 Å². The second-order valence-electron chi connectivity index (χ2n) is 3.35. The normalized spacial score (nSPS) is 10.4. The maximum Gasteiger partial charge on any atom is 0.433 e. The van der Waals surface area contributed by atoms with Crippen molar-refractivity contribution in [3.05, 3.63) is 33.0 Å². The molecule has 3 N–H and O–H groups in total. The van der Waals surface area contributed by atoms with E-state index in [1.54, 1.807) is 6.92 Å². The standard InChI is InChI=1S/C9H8ClN5O3/c1-4-7(10)12-9(13-8(4)14-11)5-2-3-6(18-5)15(16)17/h2-3H,11H2,1H3,(H,12,13,14). The fourth-order valence-electron chi connectivity index (χ4n) is 1.29. The number of aromatic nitrogens is 2. The number of halogens is 1. The number of hydrazine groups is 1. The molecule has 18 heavy (non-hydrogen) atoms. The van der Waals surface area contributed by atoms with Gasteiger partial charge in [-0.25, -0.2) is 15.8 Å². The third-order valence-corrected chi connectivity index (χ3v) is 2.58. The van der Waals surface area contributed by atoms with Crippen molar-refractivity contribution in [2.24, 2.45) is 5.84 Å². The van der Waals surface area contributed by atoms with Crippen LogP contribution in [-0.4, -0.2) is 14.9 Å². The minimum Gasteiger partial charge on any atom is -0.397 e. The van der Waals surface area contributed by atoms with Crippen LogP contribution in [0, 0.1) is 17.0 Å². The first-order valence-electron chi connectivity index (χ1n) is 4.78. The molecule has 0 aromatic carbocycles. The fraction of sp³-hybridized carbons (Fsp3) is 0.111. The molecule has 0 spiro atoms. The smallest absolute Gasteiger partial charge is 0.397 e. The molecule has 2 rings (SSSR count). The lowest BCUT2D eigenvalue weighted by atomic mass is 10.3. The quantitative estimate of drug-likeness (QED) is 0.378. The van der Waals surface area contributed by atoms with E-state index in [1.807, 2.05) is 0 Å². The number of nitrogens with zero attached hydrogens (tertiary/aromatic N) is 3. The summed E-state index contributed by atoms with van der Waals surface area (Å²) in [7, 11) is 0. The van der Waals surface area contributed by atoms with Gasteiger partial charge in [0.2, 0.25) is 0 Å². The highest BCUT2D eigenvalue weighted by Crippen LogP contribution is 2.27. The number of furan rings is 1. The van der Waals surface area contributed by atoms with E-state index >= 15 is 0 Å². The predicted molar refractivity (Wildman–Crippen MR) is 63.9 cm³/mol. The van der Waals surface area contributed by atoms with Gasteiger partial charge in [0.05, 0.1) is 6.07 Å². The molecule has 0 aliphatic carbocycles. The minimum absolute atomic E-state index is 0.117. The molecule has 0 unspecified atom stereocenters. The molecule has 2 aromatic heterocycles. The Morgan fingerprint density at radius 1 is 1.50 bits per heavy atom.